The van der Waals surface area contributed by atoms with Crippen molar-refractivity contribution in [3.05, 3.63) is 27.0 Å². The summed E-state index contributed by atoms with van der Waals surface area (Å²) in [5.41, 5.74) is 0.294. The second-order valence-corrected chi connectivity index (χ2v) is 4.52. The summed E-state index contributed by atoms with van der Waals surface area (Å²) in [7, 11) is 1.68. The van der Waals surface area contributed by atoms with Gasteiger partial charge in [-0.3, -0.25) is 19.9 Å². The third kappa shape index (κ3) is 3.66. The predicted octanol–water partition coefficient (Wildman–Crippen LogP) is 2.05. The normalized spacial score (nSPS) is 10.1. The van der Waals surface area contributed by atoms with E-state index in [1.165, 1.54) is 12.4 Å². The van der Waals surface area contributed by atoms with Crippen LogP contribution in [0, 0.1) is 10.1 Å². The number of hydrogen-bond acceptors (Lipinski definition) is 5. The van der Waals surface area contributed by atoms with Gasteiger partial charge in [0.15, 0.2) is 0 Å². The highest BCUT2D eigenvalue weighted by Crippen LogP contribution is 2.33. The average Bonchev–Trinajstić information content (AvgIpc) is 2.27. The number of carboxylic acids is 1. The molecule has 1 rings (SSSR count). The van der Waals surface area contributed by atoms with E-state index < -0.39 is 10.9 Å². The maximum Gasteiger partial charge on any atom is 0.311 e. The number of nitro groups is 1. The van der Waals surface area contributed by atoms with Crippen LogP contribution in [-0.2, 0) is 4.79 Å². The first-order chi connectivity index (χ1) is 8.43. The molecule has 0 spiro atoms. The molecule has 1 heterocycles. The van der Waals surface area contributed by atoms with Crippen LogP contribution in [0.2, 0.25) is 0 Å². The summed E-state index contributed by atoms with van der Waals surface area (Å²) in [6.45, 7) is 0.412. The highest BCUT2D eigenvalue weighted by Gasteiger charge is 2.20. The summed E-state index contributed by atoms with van der Waals surface area (Å²) < 4.78 is 0.509. The lowest BCUT2D eigenvalue weighted by Crippen LogP contribution is -2.21. The fraction of sp³-hybridized carbons (Fsp3) is 0.400. The molecule has 0 fully saturated rings. The van der Waals surface area contributed by atoms with E-state index in [1.54, 1.807) is 11.9 Å². The maximum absolute atomic E-state index is 10.9. The van der Waals surface area contributed by atoms with E-state index in [0.29, 0.717) is 23.1 Å². The molecular formula is C10H12BrN3O4. The van der Waals surface area contributed by atoms with Crippen LogP contribution in [-0.4, -0.2) is 34.6 Å². The van der Waals surface area contributed by atoms with Gasteiger partial charge in [0, 0.05) is 26.2 Å². The quantitative estimate of drug-likeness (QED) is 0.637. The second kappa shape index (κ2) is 6.29. The number of aromatic nitrogens is 1. The van der Waals surface area contributed by atoms with Crippen LogP contribution in [0.15, 0.2) is 16.9 Å². The Morgan fingerprint density at radius 3 is 2.83 bits per heavy atom. The van der Waals surface area contributed by atoms with Gasteiger partial charge in [0.05, 0.1) is 9.40 Å². The maximum atomic E-state index is 10.9. The minimum absolute atomic E-state index is 0.0286. The van der Waals surface area contributed by atoms with Crippen LogP contribution in [0.1, 0.15) is 12.8 Å². The fourth-order valence-corrected chi connectivity index (χ4v) is 2.13. The first-order valence-electron chi connectivity index (χ1n) is 5.14. The molecule has 0 radical (unpaired) electrons. The molecule has 0 aromatic carbocycles. The Balaban J connectivity index is 2.87. The van der Waals surface area contributed by atoms with Gasteiger partial charge in [-0.15, -0.1) is 0 Å². The molecular weight excluding hydrogens is 306 g/mol. The monoisotopic (exact) mass is 317 g/mol. The Morgan fingerprint density at radius 1 is 1.61 bits per heavy atom. The molecule has 0 aliphatic rings. The van der Waals surface area contributed by atoms with Crippen molar-refractivity contribution in [1.82, 2.24) is 4.98 Å². The zero-order chi connectivity index (χ0) is 13.7. The van der Waals surface area contributed by atoms with Crippen molar-refractivity contribution >= 4 is 33.3 Å². The predicted molar refractivity (Wildman–Crippen MR) is 68.7 cm³/mol. The Hall–Kier alpha value is -1.70. The molecule has 0 saturated carbocycles. The van der Waals surface area contributed by atoms with Crippen molar-refractivity contribution in [3.8, 4) is 0 Å². The molecule has 18 heavy (non-hydrogen) atoms. The molecule has 0 unspecified atom stereocenters. The number of nitrogens with zero attached hydrogens (tertiary/aromatic N) is 3. The standard InChI is InChI=1S/C10H12BrN3O4/c1-13(4-2-3-9(15)16)10-7(11)5-12-6-8(10)14(17)18/h5-6H,2-4H2,1H3,(H,15,16). The van der Waals surface area contributed by atoms with Crippen LogP contribution in [0.3, 0.4) is 0 Å². The van der Waals surface area contributed by atoms with Gasteiger partial charge in [0.1, 0.15) is 11.9 Å². The largest absolute Gasteiger partial charge is 0.481 e. The molecule has 0 aliphatic carbocycles. The summed E-state index contributed by atoms with van der Waals surface area (Å²) in [5, 5.41) is 19.4. The van der Waals surface area contributed by atoms with E-state index in [1.807, 2.05) is 0 Å². The molecule has 0 amide bonds. The topological polar surface area (TPSA) is 96.6 Å². The van der Waals surface area contributed by atoms with Crippen molar-refractivity contribution in [2.24, 2.45) is 0 Å². The second-order valence-electron chi connectivity index (χ2n) is 3.67. The molecule has 0 aliphatic heterocycles. The van der Waals surface area contributed by atoms with Gasteiger partial charge in [-0.2, -0.15) is 0 Å². The van der Waals surface area contributed by atoms with Gasteiger partial charge in [-0.25, -0.2) is 0 Å². The molecule has 8 heteroatoms. The number of halogens is 1. The van der Waals surface area contributed by atoms with Crippen LogP contribution < -0.4 is 4.90 Å². The summed E-state index contributed by atoms with van der Waals surface area (Å²) in [4.78, 5) is 26.2. The minimum atomic E-state index is -0.883. The number of rotatable bonds is 6. The molecule has 0 saturated heterocycles. The lowest BCUT2D eigenvalue weighted by molar-refractivity contribution is -0.384. The molecule has 98 valence electrons. The van der Waals surface area contributed by atoms with E-state index in [4.69, 9.17) is 5.11 Å². The number of anilines is 1. The SMILES string of the molecule is CN(CCCC(=O)O)c1c(Br)cncc1[N+](=O)[O-]. The van der Waals surface area contributed by atoms with Gasteiger partial charge in [0.2, 0.25) is 0 Å². The highest BCUT2D eigenvalue weighted by atomic mass is 79.9. The Bertz CT molecular complexity index is 466. The van der Waals surface area contributed by atoms with Crippen molar-refractivity contribution in [2.45, 2.75) is 12.8 Å². The van der Waals surface area contributed by atoms with Crippen molar-refractivity contribution in [1.29, 1.82) is 0 Å². The smallest absolute Gasteiger partial charge is 0.311 e. The van der Waals surface area contributed by atoms with Crippen LogP contribution in [0.5, 0.6) is 0 Å². The minimum Gasteiger partial charge on any atom is -0.481 e. The number of hydrogen-bond donors (Lipinski definition) is 1. The summed E-state index contributed by atoms with van der Waals surface area (Å²) >= 11 is 3.21. The van der Waals surface area contributed by atoms with Crippen molar-refractivity contribution < 1.29 is 14.8 Å². The molecule has 0 atom stereocenters. The molecule has 1 N–H and O–H groups in total. The van der Waals surface area contributed by atoms with Crippen LogP contribution in [0.25, 0.3) is 0 Å². The molecule has 1 aromatic rings. The third-order valence-electron chi connectivity index (χ3n) is 2.32. The summed E-state index contributed by atoms with van der Waals surface area (Å²) in [6.07, 6.45) is 3.09. The number of pyridine rings is 1. The Morgan fingerprint density at radius 2 is 2.28 bits per heavy atom. The van der Waals surface area contributed by atoms with E-state index in [-0.39, 0.29) is 12.1 Å². The van der Waals surface area contributed by atoms with Gasteiger partial charge < -0.3 is 10.0 Å². The van der Waals surface area contributed by atoms with Gasteiger partial charge in [-0.05, 0) is 22.4 Å². The zero-order valence-corrected chi connectivity index (χ0v) is 11.3. The fourth-order valence-electron chi connectivity index (χ4n) is 1.51. The summed E-state index contributed by atoms with van der Waals surface area (Å²) in [6, 6.07) is 0. The van der Waals surface area contributed by atoms with E-state index in [2.05, 4.69) is 20.9 Å². The molecule has 1 aromatic heterocycles. The molecule has 7 nitrogen and oxygen atoms in total. The Labute approximate surface area is 112 Å². The third-order valence-corrected chi connectivity index (χ3v) is 2.90. The lowest BCUT2D eigenvalue weighted by atomic mass is 10.2. The van der Waals surface area contributed by atoms with E-state index in [0.717, 1.165) is 0 Å². The number of carboxylic acid groups (broad SMARTS) is 1. The molecule has 0 bridgehead atoms. The van der Waals surface area contributed by atoms with Gasteiger partial charge >= 0.3 is 11.7 Å². The summed E-state index contributed by atoms with van der Waals surface area (Å²) in [5.74, 6) is -0.883. The van der Waals surface area contributed by atoms with E-state index in [9.17, 15) is 14.9 Å². The van der Waals surface area contributed by atoms with Crippen molar-refractivity contribution in [2.75, 3.05) is 18.5 Å². The first kappa shape index (κ1) is 14.4. The average molecular weight is 318 g/mol. The number of carbonyl (C=O) groups is 1. The van der Waals surface area contributed by atoms with E-state index >= 15 is 0 Å². The van der Waals surface area contributed by atoms with Crippen LogP contribution in [0.4, 0.5) is 11.4 Å². The van der Waals surface area contributed by atoms with Gasteiger partial charge in [-0.1, -0.05) is 0 Å². The van der Waals surface area contributed by atoms with Crippen LogP contribution >= 0.6 is 15.9 Å². The van der Waals surface area contributed by atoms with Crippen molar-refractivity contribution in [3.63, 3.8) is 0 Å². The first-order valence-corrected chi connectivity index (χ1v) is 5.93. The lowest BCUT2D eigenvalue weighted by Gasteiger charge is -2.19. The number of aliphatic carboxylic acids is 1. The van der Waals surface area contributed by atoms with Gasteiger partial charge in [0.25, 0.3) is 0 Å². The zero-order valence-electron chi connectivity index (χ0n) is 9.67. The highest BCUT2D eigenvalue weighted by molar-refractivity contribution is 9.10. The Kier molecular flexibility index (Phi) is 5.02.